The first-order valence-corrected chi connectivity index (χ1v) is 8.55. The summed E-state index contributed by atoms with van der Waals surface area (Å²) >= 11 is 5.94. The van der Waals surface area contributed by atoms with Gasteiger partial charge in [0.15, 0.2) is 0 Å². The molecule has 0 aromatic heterocycles. The Kier molecular flexibility index (Phi) is 5.79. The summed E-state index contributed by atoms with van der Waals surface area (Å²) in [5.74, 6) is 0.608. The summed E-state index contributed by atoms with van der Waals surface area (Å²) in [7, 11) is 0. The lowest BCUT2D eigenvalue weighted by atomic mass is 10.1. The second-order valence-electron chi connectivity index (χ2n) is 5.96. The third-order valence-corrected chi connectivity index (χ3v) is 4.30. The molecule has 0 saturated carbocycles. The molecule has 2 atom stereocenters. The quantitative estimate of drug-likeness (QED) is 0.905. The van der Waals surface area contributed by atoms with E-state index in [1.807, 2.05) is 30.3 Å². The van der Waals surface area contributed by atoms with Gasteiger partial charge >= 0.3 is 6.09 Å². The van der Waals surface area contributed by atoms with Gasteiger partial charge < -0.3 is 19.5 Å². The number of halogens is 1. The zero-order valence-corrected chi connectivity index (χ0v) is 14.4. The van der Waals surface area contributed by atoms with E-state index in [-0.39, 0.29) is 19.3 Å². The zero-order chi connectivity index (χ0) is 17.6. The van der Waals surface area contributed by atoms with Crippen molar-refractivity contribution in [3.05, 3.63) is 65.2 Å². The predicted molar refractivity (Wildman–Crippen MR) is 94.7 cm³/mol. The van der Waals surface area contributed by atoms with E-state index in [0.717, 1.165) is 5.56 Å². The highest BCUT2D eigenvalue weighted by Crippen LogP contribution is 2.22. The number of piperidine rings is 1. The molecule has 6 heteroatoms. The van der Waals surface area contributed by atoms with E-state index in [4.69, 9.17) is 21.1 Å². The van der Waals surface area contributed by atoms with E-state index in [1.54, 1.807) is 24.3 Å². The molecule has 25 heavy (non-hydrogen) atoms. The minimum atomic E-state index is -0.781. The van der Waals surface area contributed by atoms with E-state index in [0.29, 0.717) is 23.7 Å². The molecule has 5 nitrogen and oxygen atoms in total. The molecule has 0 aliphatic carbocycles. The Balaban J connectivity index is 1.50. The molecule has 2 aromatic carbocycles. The highest BCUT2D eigenvalue weighted by atomic mass is 35.5. The fourth-order valence-electron chi connectivity index (χ4n) is 2.74. The number of aliphatic hydroxyl groups is 1. The number of likely N-dealkylation sites (tertiary alicyclic amines) is 1. The maximum Gasteiger partial charge on any atom is 0.410 e. The molecule has 1 N–H and O–H groups in total. The van der Waals surface area contributed by atoms with Crippen molar-refractivity contribution in [3.8, 4) is 5.75 Å². The highest BCUT2D eigenvalue weighted by Gasteiger charge is 2.32. The summed E-state index contributed by atoms with van der Waals surface area (Å²) in [5, 5.41) is 10.9. The highest BCUT2D eigenvalue weighted by molar-refractivity contribution is 6.30. The molecular weight excluding hydrogens is 342 g/mol. The van der Waals surface area contributed by atoms with Crippen molar-refractivity contribution in [2.75, 3.05) is 13.1 Å². The first kappa shape index (κ1) is 17.6. The number of hydrogen-bond acceptors (Lipinski definition) is 4. The number of nitrogens with zero attached hydrogens (tertiary/aromatic N) is 1. The van der Waals surface area contributed by atoms with E-state index in [2.05, 4.69) is 0 Å². The van der Waals surface area contributed by atoms with Crippen molar-refractivity contribution in [3.63, 3.8) is 0 Å². The van der Waals surface area contributed by atoms with Gasteiger partial charge in [0.25, 0.3) is 0 Å². The van der Waals surface area contributed by atoms with Crippen molar-refractivity contribution in [2.45, 2.75) is 25.2 Å². The molecular formula is C19H20ClNO4. The lowest BCUT2D eigenvalue weighted by Crippen LogP contribution is -2.51. The van der Waals surface area contributed by atoms with Crippen LogP contribution in [0.5, 0.6) is 5.75 Å². The van der Waals surface area contributed by atoms with Crippen LogP contribution < -0.4 is 4.74 Å². The van der Waals surface area contributed by atoms with Crippen molar-refractivity contribution < 1.29 is 19.4 Å². The summed E-state index contributed by atoms with van der Waals surface area (Å²) in [6, 6.07) is 16.5. The molecule has 1 aliphatic rings. The van der Waals surface area contributed by atoms with Crippen molar-refractivity contribution in [1.29, 1.82) is 0 Å². The van der Waals surface area contributed by atoms with Gasteiger partial charge in [-0.25, -0.2) is 4.79 Å². The fraction of sp³-hybridized carbons (Fsp3) is 0.316. The van der Waals surface area contributed by atoms with Crippen LogP contribution in [0.3, 0.4) is 0 Å². The van der Waals surface area contributed by atoms with Crippen LogP contribution in [0, 0.1) is 0 Å². The Morgan fingerprint density at radius 3 is 2.72 bits per heavy atom. The van der Waals surface area contributed by atoms with Crippen LogP contribution in [0.25, 0.3) is 0 Å². The van der Waals surface area contributed by atoms with Gasteiger partial charge in [-0.2, -0.15) is 0 Å². The topological polar surface area (TPSA) is 59.0 Å². The van der Waals surface area contributed by atoms with Gasteiger partial charge in [-0.3, -0.25) is 0 Å². The molecule has 0 spiro atoms. The molecule has 2 aromatic rings. The molecule has 0 unspecified atom stereocenters. The Hall–Kier alpha value is -2.24. The number of rotatable bonds is 4. The second-order valence-corrected chi connectivity index (χ2v) is 6.39. The molecule has 3 rings (SSSR count). The lowest BCUT2D eigenvalue weighted by Gasteiger charge is -2.35. The van der Waals surface area contributed by atoms with Gasteiger partial charge in [0.05, 0.1) is 6.54 Å². The zero-order valence-electron chi connectivity index (χ0n) is 13.7. The maximum absolute atomic E-state index is 12.2. The third kappa shape index (κ3) is 4.87. The summed E-state index contributed by atoms with van der Waals surface area (Å²) in [6.07, 6.45) is -1.06. The summed E-state index contributed by atoms with van der Waals surface area (Å²) in [4.78, 5) is 13.7. The normalized spacial score (nSPS) is 20.2. The number of amides is 1. The van der Waals surface area contributed by atoms with Gasteiger partial charge in [-0.1, -0.05) is 48.0 Å². The molecule has 1 heterocycles. The predicted octanol–water partition coefficient (Wildman–Crippen LogP) is 3.49. The van der Waals surface area contributed by atoms with E-state index in [9.17, 15) is 9.90 Å². The van der Waals surface area contributed by atoms with Crippen LogP contribution in [-0.4, -0.2) is 41.4 Å². The Morgan fingerprint density at radius 2 is 2.00 bits per heavy atom. The van der Waals surface area contributed by atoms with Crippen LogP contribution >= 0.6 is 11.6 Å². The first-order valence-electron chi connectivity index (χ1n) is 8.18. The van der Waals surface area contributed by atoms with Crippen LogP contribution in [0.1, 0.15) is 12.0 Å². The van der Waals surface area contributed by atoms with Gasteiger partial charge in [0.2, 0.25) is 0 Å². The van der Waals surface area contributed by atoms with Crippen molar-refractivity contribution >= 4 is 17.7 Å². The smallest absolute Gasteiger partial charge is 0.410 e. The van der Waals surface area contributed by atoms with Crippen LogP contribution in [0.4, 0.5) is 4.79 Å². The number of aliphatic hydroxyl groups excluding tert-OH is 1. The van der Waals surface area contributed by atoms with E-state index < -0.39 is 12.2 Å². The number of carbonyl (C=O) groups excluding carboxylic acids is 1. The Morgan fingerprint density at radius 1 is 1.20 bits per heavy atom. The minimum Gasteiger partial charge on any atom is -0.488 e. The Bertz CT molecular complexity index is 710. The molecule has 0 radical (unpaired) electrons. The van der Waals surface area contributed by atoms with Crippen molar-refractivity contribution in [2.24, 2.45) is 0 Å². The number of carbonyl (C=O) groups is 1. The number of β-amino-alcohol motifs (C(OH)–C–C–N with tert-alkyl or cyclic N) is 1. The molecule has 132 valence electrons. The maximum atomic E-state index is 12.2. The first-order chi connectivity index (χ1) is 12.1. The van der Waals surface area contributed by atoms with Crippen molar-refractivity contribution in [1.82, 2.24) is 4.90 Å². The van der Waals surface area contributed by atoms with E-state index >= 15 is 0 Å². The lowest BCUT2D eigenvalue weighted by molar-refractivity contribution is -0.0252. The van der Waals surface area contributed by atoms with Crippen LogP contribution in [0.2, 0.25) is 5.02 Å². The largest absolute Gasteiger partial charge is 0.488 e. The molecule has 1 aliphatic heterocycles. The number of ether oxygens (including phenoxy) is 2. The average molecular weight is 362 g/mol. The minimum absolute atomic E-state index is 0.179. The number of benzene rings is 2. The van der Waals surface area contributed by atoms with Gasteiger partial charge in [0.1, 0.15) is 24.6 Å². The Labute approximate surface area is 151 Å². The molecule has 1 saturated heterocycles. The number of hydrogen-bond donors (Lipinski definition) is 1. The van der Waals surface area contributed by atoms with Gasteiger partial charge in [-0.05, 0) is 23.8 Å². The second kappa shape index (κ2) is 8.23. The summed E-state index contributed by atoms with van der Waals surface area (Å²) in [5.41, 5.74) is 0.926. The summed E-state index contributed by atoms with van der Waals surface area (Å²) < 4.78 is 11.1. The summed E-state index contributed by atoms with van der Waals surface area (Å²) in [6.45, 7) is 0.865. The van der Waals surface area contributed by atoms with E-state index in [1.165, 1.54) is 4.90 Å². The molecule has 0 bridgehead atoms. The van der Waals surface area contributed by atoms with Gasteiger partial charge in [0, 0.05) is 18.0 Å². The standard InChI is InChI=1S/C19H20ClNO4/c20-15-7-4-8-16(11-15)25-18-9-10-21(12-17(18)22)19(23)24-13-14-5-2-1-3-6-14/h1-8,11,17-18,22H,9-10,12-13H2/t17-,18-/m1/s1. The fourth-order valence-corrected chi connectivity index (χ4v) is 2.92. The SMILES string of the molecule is O=C(OCc1ccccc1)N1CC[C@@H](Oc2cccc(Cl)c2)[C@H](O)C1. The van der Waals surface area contributed by atoms with Gasteiger partial charge in [-0.15, -0.1) is 0 Å². The van der Waals surface area contributed by atoms with Crippen LogP contribution in [-0.2, 0) is 11.3 Å². The molecule has 1 amide bonds. The average Bonchev–Trinajstić information content (AvgIpc) is 2.62. The molecule has 1 fully saturated rings. The van der Waals surface area contributed by atoms with Crippen LogP contribution in [0.15, 0.2) is 54.6 Å². The monoisotopic (exact) mass is 361 g/mol. The third-order valence-electron chi connectivity index (χ3n) is 4.07.